The van der Waals surface area contributed by atoms with Crippen molar-refractivity contribution in [2.75, 3.05) is 11.5 Å². The molecule has 4 heteroatoms. The normalized spacial score (nSPS) is 11.3. The maximum atomic E-state index is 5.83. The standard InChI is InChI=1S/C24H28N2.2ClH/c1-23(2,19-9-13-21(25)14-10-19)17-5-7-18(8-6-17)24(3,4)20-11-15-22(26)16-12-20;;/h5-16H,25-26H2,1-4H3;2*1H. The molecule has 0 bridgehead atoms. The zero-order valence-electron chi connectivity index (χ0n) is 16.9. The summed E-state index contributed by atoms with van der Waals surface area (Å²) in [6.07, 6.45) is 0. The van der Waals surface area contributed by atoms with Crippen molar-refractivity contribution in [2.24, 2.45) is 0 Å². The molecule has 0 aliphatic rings. The molecule has 28 heavy (non-hydrogen) atoms. The van der Waals surface area contributed by atoms with E-state index in [1.807, 2.05) is 24.3 Å². The molecule has 3 aromatic carbocycles. The van der Waals surface area contributed by atoms with Crippen LogP contribution in [0.1, 0.15) is 49.9 Å². The van der Waals surface area contributed by atoms with E-state index in [0.29, 0.717) is 0 Å². The summed E-state index contributed by atoms with van der Waals surface area (Å²) in [5.41, 5.74) is 18.2. The van der Waals surface area contributed by atoms with E-state index in [9.17, 15) is 0 Å². The van der Waals surface area contributed by atoms with E-state index < -0.39 is 0 Å². The Labute approximate surface area is 181 Å². The van der Waals surface area contributed by atoms with Crippen molar-refractivity contribution < 1.29 is 0 Å². The second kappa shape index (κ2) is 8.89. The summed E-state index contributed by atoms with van der Waals surface area (Å²) >= 11 is 0. The molecule has 0 saturated heterocycles. The molecule has 0 radical (unpaired) electrons. The first-order valence-corrected chi connectivity index (χ1v) is 9.04. The number of hydrogen-bond donors (Lipinski definition) is 2. The average Bonchev–Trinajstić information content (AvgIpc) is 2.62. The lowest BCUT2D eigenvalue weighted by molar-refractivity contribution is 0.626. The van der Waals surface area contributed by atoms with Crippen LogP contribution in [0.2, 0.25) is 0 Å². The second-order valence-corrected chi connectivity index (χ2v) is 8.07. The number of hydrogen-bond acceptors (Lipinski definition) is 2. The van der Waals surface area contributed by atoms with Crippen molar-refractivity contribution in [2.45, 2.75) is 38.5 Å². The highest BCUT2D eigenvalue weighted by Gasteiger charge is 2.26. The third kappa shape index (κ3) is 4.63. The minimum atomic E-state index is -0.0719. The molecule has 2 nitrogen and oxygen atoms in total. The van der Waals surface area contributed by atoms with Crippen LogP contribution >= 0.6 is 24.8 Å². The zero-order valence-corrected chi connectivity index (χ0v) is 18.5. The molecule has 150 valence electrons. The van der Waals surface area contributed by atoms with Crippen molar-refractivity contribution in [3.63, 3.8) is 0 Å². The van der Waals surface area contributed by atoms with Crippen LogP contribution < -0.4 is 11.5 Å². The molecule has 0 saturated carbocycles. The number of anilines is 2. The Morgan fingerprint density at radius 2 is 0.607 bits per heavy atom. The van der Waals surface area contributed by atoms with Crippen molar-refractivity contribution in [3.8, 4) is 0 Å². The molecule has 0 heterocycles. The third-order valence-corrected chi connectivity index (χ3v) is 5.59. The Morgan fingerprint density at radius 3 is 0.821 bits per heavy atom. The van der Waals surface area contributed by atoms with Gasteiger partial charge in [0.1, 0.15) is 0 Å². The van der Waals surface area contributed by atoms with Crippen LogP contribution in [0.4, 0.5) is 11.4 Å². The van der Waals surface area contributed by atoms with Gasteiger partial charge in [0.2, 0.25) is 0 Å². The third-order valence-electron chi connectivity index (χ3n) is 5.59. The predicted molar refractivity (Wildman–Crippen MR) is 127 cm³/mol. The van der Waals surface area contributed by atoms with Gasteiger partial charge < -0.3 is 11.5 Å². The maximum absolute atomic E-state index is 5.83. The molecule has 0 spiro atoms. The Balaban J connectivity index is 0.00000196. The van der Waals surface area contributed by atoms with E-state index in [0.717, 1.165) is 11.4 Å². The highest BCUT2D eigenvalue weighted by Crippen LogP contribution is 2.36. The average molecular weight is 417 g/mol. The number of nitrogen functional groups attached to an aromatic ring is 2. The van der Waals surface area contributed by atoms with Crippen molar-refractivity contribution in [3.05, 3.63) is 95.1 Å². The van der Waals surface area contributed by atoms with Crippen LogP contribution in [-0.2, 0) is 10.8 Å². The molecule has 0 aliphatic carbocycles. The molecular weight excluding hydrogens is 387 g/mol. The van der Waals surface area contributed by atoms with Gasteiger partial charge in [-0.05, 0) is 46.5 Å². The lowest BCUT2D eigenvalue weighted by Crippen LogP contribution is -2.21. The topological polar surface area (TPSA) is 52.0 Å². The Kier molecular flexibility index (Phi) is 7.59. The smallest absolute Gasteiger partial charge is 0.0314 e. The van der Waals surface area contributed by atoms with E-state index in [1.165, 1.54) is 22.3 Å². The minimum absolute atomic E-state index is 0. The van der Waals surface area contributed by atoms with Gasteiger partial charge in [-0.2, -0.15) is 0 Å². The first-order chi connectivity index (χ1) is 12.2. The van der Waals surface area contributed by atoms with E-state index in [-0.39, 0.29) is 35.6 Å². The van der Waals surface area contributed by atoms with E-state index in [1.54, 1.807) is 0 Å². The molecule has 0 aromatic heterocycles. The summed E-state index contributed by atoms with van der Waals surface area (Å²) in [7, 11) is 0. The Bertz CT molecular complexity index is 805. The second-order valence-electron chi connectivity index (χ2n) is 8.07. The first-order valence-electron chi connectivity index (χ1n) is 9.04. The summed E-state index contributed by atoms with van der Waals surface area (Å²) in [5, 5.41) is 0. The highest BCUT2D eigenvalue weighted by molar-refractivity contribution is 5.85. The highest BCUT2D eigenvalue weighted by atomic mass is 35.5. The molecule has 0 atom stereocenters. The molecule has 0 amide bonds. The van der Waals surface area contributed by atoms with Gasteiger partial charge in [0, 0.05) is 22.2 Å². The maximum Gasteiger partial charge on any atom is 0.0314 e. The molecular formula is C24H30Cl2N2. The lowest BCUT2D eigenvalue weighted by atomic mass is 9.74. The van der Waals surface area contributed by atoms with E-state index >= 15 is 0 Å². The van der Waals surface area contributed by atoms with Gasteiger partial charge in [-0.25, -0.2) is 0 Å². The fourth-order valence-electron chi connectivity index (χ4n) is 3.44. The van der Waals surface area contributed by atoms with Crippen LogP contribution in [0.3, 0.4) is 0 Å². The van der Waals surface area contributed by atoms with Crippen molar-refractivity contribution in [1.82, 2.24) is 0 Å². The summed E-state index contributed by atoms with van der Waals surface area (Å²) < 4.78 is 0. The molecule has 0 fully saturated rings. The summed E-state index contributed by atoms with van der Waals surface area (Å²) in [6.45, 7) is 8.99. The number of benzene rings is 3. The lowest BCUT2D eigenvalue weighted by Gasteiger charge is -2.29. The van der Waals surface area contributed by atoms with Gasteiger partial charge in [-0.15, -0.1) is 24.8 Å². The minimum Gasteiger partial charge on any atom is -0.399 e. The molecule has 0 unspecified atom stereocenters. The predicted octanol–water partition coefficient (Wildman–Crippen LogP) is 6.35. The Morgan fingerprint density at radius 1 is 0.429 bits per heavy atom. The molecule has 0 aliphatic heterocycles. The zero-order chi connectivity index (χ0) is 18.9. The van der Waals surface area contributed by atoms with Crippen LogP contribution in [0.15, 0.2) is 72.8 Å². The van der Waals surface area contributed by atoms with Crippen molar-refractivity contribution >= 4 is 36.2 Å². The molecule has 3 aromatic rings. The van der Waals surface area contributed by atoms with Crippen LogP contribution in [0, 0.1) is 0 Å². The number of halogens is 2. The summed E-state index contributed by atoms with van der Waals surface area (Å²) in [5.74, 6) is 0. The quantitative estimate of drug-likeness (QED) is 0.486. The van der Waals surface area contributed by atoms with Crippen molar-refractivity contribution in [1.29, 1.82) is 0 Å². The summed E-state index contributed by atoms with van der Waals surface area (Å²) in [6, 6.07) is 25.3. The van der Waals surface area contributed by atoms with Gasteiger partial charge in [0.05, 0.1) is 0 Å². The van der Waals surface area contributed by atoms with Crippen LogP contribution in [-0.4, -0.2) is 0 Å². The molecule has 4 N–H and O–H groups in total. The van der Waals surface area contributed by atoms with Gasteiger partial charge in [0.25, 0.3) is 0 Å². The van der Waals surface area contributed by atoms with Crippen LogP contribution in [0.25, 0.3) is 0 Å². The van der Waals surface area contributed by atoms with E-state index in [2.05, 4.69) is 76.2 Å². The fraction of sp³-hybridized carbons (Fsp3) is 0.250. The monoisotopic (exact) mass is 416 g/mol. The van der Waals surface area contributed by atoms with Gasteiger partial charge in [-0.3, -0.25) is 0 Å². The number of nitrogens with two attached hydrogens (primary N) is 2. The van der Waals surface area contributed by atoms with E-state index in [4.69, 9.17) is 11.5 Å². The molecule has 3 rings (SSSR count). The van der Waals surface area contributed by atoms with Gasteiger partial charge >= 0.3 is 0 Å². The SMILES string of the molecule is CC(C)(c1ccc(N)cc1)c1ccc(C(C)(C)c2ccc(N)cc2)cc1.Cl.Cl. The largest absolute Gasteiger partial charge is 0.399 e. The summed E-state index contributed by atoms with van der Waals surface area (Å²) in [4.78, 5) is 0. The van der Waals surface area contributed by atoms with Crippen LogP contribution in [0.5, 0.6) is 0 Å². The first kappa shape index (κ1) is 23.9. The van der Waals surface area contributed by atoms with Gasteiger partial charge in [-0.1, -0.05) is 76.2 Å². The number of rotatable bonds is 4. The van der Waals surface area contributed by atoms with Gasteiger partial charge in [0.15, 0.2) is 0 Å². The fourth-order valence-corrected chi connectivity index (χ4v) is 3.44. The Hall–Kier alpha value is -2.16.